The lowest BCUT2D eigenvalue weighted by atomic mass is 10.2. The van der Waals surface area contributed by atoms with Crippen LogP contribution in [0.1, 0.15) is 5.56 Å². The molecule has 0 unspecified atom stereocenters. The molecule has 0 aromatic heterocycles. The van der Waals surface area contributed by atoms with Gasteiger partial charge in [-0.2, -0.15) is 0 Å². The average Bonchev–Trinajstić information content (AvgIpc) is 2.47. The SMILES string of the molecule is CN(CC(=O)Nc1cccc(S(N)(=O)=O)c1)Cc1ccccc1. The number of hydrogen-bond donors (Lipinski definition) is 2. The number of sulfonamides is 1. The van der Waals surface area contributed by atoms with Gasteiger partial charge in [0, 0.05) is 12.2 Å². The first-order valence-corrected chi connectivity index (χ1v) is 8.54. The molecule has 3 N–H and O–H groups in total. The van der Waals surface area contributed by atoms with E-state index in [1.54, 1.807) is 6.07 Å². The van der Waals surface area contributed by atoms with Crippen LogP contribution in [0.5, 0.6) is 0 Å². The first-order valence-electron chi connectivity index (χ1n) is 7.00. The van der Waals surface area contributed by atoms with Crippen LogP contribution in [0.25, 0.3) is 0 Å². The molecule has 0 bridgehead atoms. The Morgan fingerprint density at radius 1 is 1.13 bits per heavy atom. The van der Waals surface area contributed by atoms with Crippen molar-refractivity contribution in [2.75, 3.05) is 18.9 Å². The highest BCUT2D eigenvalue weighted by Crippen LogP contribution is 2.14. The minimum absolute atomic E-state index is 0.0343. The van der Waals surface area contributed by atoms with Crippen LogP contribution >= 0.6 is 0 Å². The predicted molar refractivity (Wildman–Crippen MR) is 89.2 cm³/mol. The van der Waals surface area contributed by atoms with Crippen molar-refractivity contribution in [3.63, 3.8) is 0 Å². The Kier molecular flexibility index (Phi) is 5.49. The highest BCUT2D eigenvalue weighted by atomic mass is 32.2. The lowest BCUT2D eigenvalue weighted by Crippen LogP contribution is -2.29. The normalized spacial score (nSPS) is 11.4. The van der Waals surface area contributed by atoms with Crippen LogP contribution in [-0.2, 0) is 21.4 Å². The predicted octanol–water partition coefficient (Wildman–Crippen LogP) is 1.40. The number of carbonyl (C=O) groups is 1. The second-order valence-electron chi connectivity index (χ2n) is 5.28. The van der Waals surface area contributed by atoms with Crippen LogP contribution in [-0.4, -0.2) is 32.8 Å². The lowest BCUT2D eigenvalue weighted by molar-refractivity contribution is -0.117. The molecule has 0 aliphatic heterocycles. The van der Waals surface area contributed by atoms with Crippen LogP contribution in [0.15, 0.2) is 59.5 Å². The van der Waals surface area contributed by atoms with Gasteiger partial charge in [-0.3, -0.25) is 9.69 Å². The van der Waals surface area contributed by atoms with Crippen LogP contribution in [0.2, 0.25) is 0 Å². The molecule has 0 saturated carbocycles. The number of rotatable bonds is 6. The Bertz CT molecular complexity index is 776. The van der Waals surface area contributed by atoms with Crippen molar-refractivity contribution >= 4 is 21.6 Å². The highest BCUT2D eigenvalue weighted by molar-refractivity contribution is 7.89. The van der Waals surface area contributed by atoms with E-state index in [9.17, 15) is 13.2 Å². The summed E-state index contributed by atoms with van der Waals surface area (Å²) >= 11 is 0. The molecule has 0 saturated heterocycles. The first-order chi connectivity index (χ1) is 10.8. The van der Waals surface area contributed by atoms with Gasteiger partial charge in [-0.25, -0.2) is 13.6 Å². The van der Waals surface area contributed by atoms with Crippen molar-refractivity contribution in [1.82, 2.24) is 4.90 Å². The van der Waals surface area contributed by atoms with Crippen LogP contribution < -0.4 is 10.5 Å². The van der Waals surface area contributed by atoms with Crippen molar-refractivity contribution in [2.24, 2.45) is 5.14 Å². The summed E-state index contributed by atoms with van der Waals surface area (Å²) < 4.78 is 22.6. The van der Waals surface area contributed by atoms with Gasteiger partial charge in [0.2, 0.25) is 15.9 Å². The second-order valence-corrected chi connectivity index (χ2v) is 6.84. The molecular weight excluding hydrogens is 314 g/mol. The van der Waals surface area contributed by atoms with Gasteiger partial charge in [0.05, 0.1) is 11.4 Å². The molecule has 0 radical (unpaired) electrons. The number of hydrogen-bond acceptors (Lipinski definition) is 4. The van der Waals surface area contributed by atoms with Gasteiger partial charge in [0.1, 0.15) is 0 Å². The summed E-state index contributed by atoms with van der Waals surface area (Å²) in [6.07, 6.45) is 0. The van der Waals surface area contributed by atoms with Gasteiger partial charge >= 0.3 is 0 Å². The van der Waals surface area contributed by atoms with Crippen molar-refractivity contribution in [3.8, 4) is 0 Å². The molecule has 0 aliphatic rings. The molecule has 0 spiro atoms. The zero-order valence-electron chi connectivity index (χ0n) is 12.8. The molecule has 6 nitrogen and oxygen atoms in total. The van der Waals surface area contributed by atoms with Crippen LogP contribution in [0, 0.1) is 0 Å². The third kappa shape index (κ3) is 5.48. The summed E-state index contributed by atoms with van der Waals surface area (Å²) in [5.41, 5.74) is 1.51. The number of nitrogens with one attached hydrogen (secondary N) is 1. The smallest absolute Gasteiger partial charge is 0.238 e. The topological polar surface area (TPSA) is 92.5 Å². The van der Waals surface area contributed by atoms with E-state index >= 15 is 0 Å². The number of amides is 1. The van der Waals surface area contributed by atoms with Gasteiger partial charge < -0.3 is 5.32 Å². The molecule has 7 heteroatoms. The fourth-order valence-electron chi connectivity index (χ4n) is 2.15. The minimum atomic E-state index is -3.79. The number of anilines is 1. The number of likely N-dealkylation sites (N-methyl/N-ethyl adjacent to an activating group) is 1. The number of nitrogens with zero attached hydrogens (tertiary/aromatic N) is 1. The van der Waals surface area contributed by atoms with E-state index in [1.165, 1.54) is 18.2 Å². The maximum absolute atomic E-state index is 12.0. The zero-order valence-corrected chi connectivity index (χ0v) is 13.6. The van der Waals surface area contributed by atoms with E-state index in [0.717, 1.165) is 5.56 Å². The molecule has 0 fully saturated rings. The van der Waals surface area contributed by atoms with Gasteiger partial charge in [-0.1, -0.05) is 36.4 Å². The molecule has 122 valence electrons. The third-order valence-electron chi connectivity index (χ3n) is 3.16. The summed E-state index contributed by atoms with van der Waals surface area (Å²) in [6, 6.07) is 15.7. The van der Waals surface area contributed by atoms with E-state index in [2.05, 4.69) is 5.32 Å². The molecular formula is C16H19N3O3S. The fraction of sp³-hybridized carbons (Fsp3) is 0.188. The van der Waals surface area contributed by atoms with Crippen LogP contribution in [0.3, 0.4) is 0 Å². The van der Waals surface area contributed by atoms with Gasteiger partial charge in [0.25, 0.3) is 0 Å². The van der Waals surface area contributed by atoms with E-state index in [4.69, 9.17) is 5.14 Å². The molecule has 23 heavy (non-hydrogen) atoms. The monoisotopic (exact) mass is 333 g/mol. The number of nitrogens with two attached hydrogens (primary N) is 1. The number of carbonyl (C=O) groups excluding carboxylic acids is 1. The third-order valence-corrected chi connectivity index (χ3v) is 4.07. The molecule has 2 aromatic carbocycles. The largest absolute Gasteiger partial charge is 0.325 e. The van der Waals surface area contributed by atoms with Crippen LogP contribution in [0.4, 0.5) is 5.69 Å². The standard InChI is InChI=1S/C16H19N3O3S/c1-19(11-13-6-3-2-4-7-13)12-16(20)18-14-8-5-9-15(10-14)23(17,21)22/h2-10H,11-12H2,1H3,(H,18,20)(H2,17,21,22). The van der Waals surface area contributed by atoms with Crippen molar-refractivity contribution in [3.05, 3.63) is 60.2 Å². The van der Waals surface area contributed by atoms with Gasteiger partial charge in [-0.15, -0.1) is 0 Å². The zero-order chi connectivity index (χ0) is 16.9. The second kappa shape index (κ2) is 7.36. The van der Waals surface area contributed by atoms with Crippen molar-refractivity contribution < 1.29 is 13.2 Å². The Morgan fingerprint density at radius 2 is 1.83 bits per heavy atom. The quantitative estimate of drug-likeness (QED) is 0.836. The van der Waals surface area contributed by atoms with E-state index in [0.29, 0.717) is 12.2 Å². The summed E-state index contributed by atoms with van der Waals surface area (Å²) in [7, 11) is -1.95. The van der Waals surface area contributed by atoms with E-state index < -0.39 is 10.0 Å². The molecule has 0 atom stereocenters. The number of primary sulfonamides is 1. The minimum Gasteiger partial charge on any atom is -0.325 e. The average molecular weight is 333 g/mol. The summed E-state index contributed by atoms with van der Waals surface area (Å²) in [6.45, 7) is 0.833. The maximum Gasteiger partial charge on any atom is 0.238 e. The highest BCUT2D eigenvalue weighted by Gasteiger charge is 2.11. The van der Waals surface area contributed by atoms with Crippen molar-refractivity contribution in [1.29, 1.82) is 0 Å². The molecule has 0 aliphatic carbocycles. The number of benzene rings is 2. The van der Waals surface area contributed by atoms with E-state index in [-0.39, 0.29) is 17.3 Å². The molecule has 1 amide bonds. The maximum atomic E-state index is 12.0. The Balaban J connectivity index is 1.94. The molecule has 2 aromatic rings. The van der Waals surface area contributed by atoms with Gasteiger partial charge in [0.15, 0.2) is 0 Å². The summed E-state index contributed by atoms with van der Waals surface area (Å²) in [5.74, 6) is -0.227. The lowest BCUT2D eigenvalue weighted by Gasteiger charge is -2.16. The molecule has 0 heterocycles. The fourth-order valence-corrected chi connectivity index (χ4v) is 2.71. The first kappa shape index (κ1) is 17.1. The molecule has 2 rings (SSSR count). The summed E-state index contributed by atoms with van der Waals surface area (Å²) in [5, 5.41) is 7.74. The summed E-state index contributed by atoms with van der Waals surface area (Å²) in [4.78, 5) is 13.9. The van der Waals surface area contributed by atoms with E-state index in [1.807, 2.05) is 42.3 Å². The Hall–Kier alpha value is -2.22. The van der Waals surface area contributed by atoms with Gasteiger partial charge in [-0.05, 0) is 30.8 Å². The Labute approximate surface area is 136 Å². The van der Waals surface area contributed by atoms with Crippen molar-refractivity contribution in [2.45, 2.75) is 11.4 Å². The Morgan fingerprint density at radius 3 is 2.48 bits per heavy atom.